The summed E-state index contributed by atoms with van der Waals surface area (Å²) in [5, 5.41) is 0. The molecule has 0 fully saturated rings. The zero-order valence-corrected chi connectivity index (χ0v) is 6.71. The third-order valence-electron chi connectivity index (χ3n) is 1.07. The molecular weight excluding hydrogens is 164 g/mol. The Kier molecular flexibility index (Phi) is 2.98. The highest BCUT2D eigenvalue weighted by atomic mass is 35.5. The molecule has 0 aliphatic carbocycles. The fourth-order valence-electron chi connectivity index (χ4n) is 0.654. The number of ether oxygens (including phenoxy) is 1. The lowest BCUT2D eigenvalue weighted by Gasteiger charge is -2.01. The van der Waals surface area contributed by atoms with Crippen molar-refractivity contribution in [3.63, 3.8) is 0 Å². The molecular formula is C7H9ClN2O. The number of anilines is 1. The highest BCUT2D eigenvalue weighted by Crippen LogP contribution is 2.07. The van der Waals surface area contributed by atoms with Crippen molar-refractivity contribution in [1.29, 1.82) is 0 Å². The van der Waals surface area contributed by atoms with E-state index in [0.29, 0.717) is 24.2 Å². The predicted molar refractivity (Wildman–Crippen MR) is 44.9 cm³/mol. The van der Waals surface area contributed by atoms with Crippen LogP contribution in [0.1, 0.15) is 0 Å². The average Bonchev–Trinajstić information content (AvgIpc) is 2.01. The fourth-order valence-corrected chi connectivity index (χ4v) is 0.731. The molecule has 1 aromatic rings. The lowest BCUT2D eigenvalue weighted by atomic mass is 10.4. The molecule has 3 nitrogen and oxygen atoms in total. The minimum atomic E-state index is 0.455. The Labute approximate surface area is 70.1 Å². The molecule has 60 valence electrons. The van der Waals surface area contributed by atoms with E-state index in [1.807, 2.05) is 0 Å². The summed E-state index contributed by atoms with van der Waals surface area (Å²) in [6.45, 7) is 0.456. The molecule has 1 aromatic heterocycles. The maximum absolute atomic E-state index is 5.41. The van der Waals surface area contributed by atoms with Gasteiger partial charge in [0.2, 0.25) is 5.88 Å². The van der Waals surface area contributed by atoms with Crippen molar-refractivity contribution in [3.8, 4) is 5.88 Å². The molecule has 0 radical (unpaired) electrons. The standard InChI is InChI=1S/C7H9ClN2O/c8-4-5-11-7-3-1-2-6(9)10-7/h1-3H,4-5H2,(H2,9,10). The third kappa shape index (κ3) is 2.63. The Morgan fingerprint density at radius 3 is 3.00 bits per heavy atom. The summed E-state index contributed by atoms with van der Waals surface area (Å²) in [4.78, 5) is 3.91. The highest BCUT2D eigenvalue weighted by Gasteiger charge is 1.93. The lowest BCUT2D eigenvalue weighted by Crippen LogP contribution is -2.00. The Morgan fingerprint density at radius 2 is 2.36 bits per heavy atom. The number of hydrogen-bond donors (Lipinski definition) is 1. The van der Waals surface area contributed by atoms with E-state index in [9.17, 15) is 0 Å². The van der Waals surface area contributed by atoms with E-state index in [0.717, 1.165) is 0 Å². The normalized spacial score (nSPS) is 9.55. The van der Waals surface area contributed by atoms with E-state index in [4.69, 9.17) is 22.1 Å². The maximum atomic E-state index is 5.41. The Balaban J connectivity index is 2.56. The van der Waals surface area contributed by atoms with Crippen LogP contribution in [0, 0.1) is 0 Å². The fraction of sp³-hybridized carbons (Fsp3) is 0.286. The van der Waals surface area contributed by atoms with Crippen LogP contribution in [0.5, 0.6) is 5.88 Å². The average molecular weight is 173 g/mol. The van der Waals surface area contributed by atoms with E-state index in [-0.39, 0.29) is 0 Å². The third-order valence-corrected chi connectivity index (χ3v) is 1.23. The van der Waals surface area contributed by atoms with Crippen LogP contribution in [0.15, 0.2) is 18.2 Å². The van der Waals surface area contributed by atoms with Gasteiger partial charge in [-0.3, -0.25) is 0 Å². The van der Waals surface area contributed by atoms with Gasteiger partial charge >= 0.3 is 0 Å². The second-order valence-corrected chi connectivity index (χ2v) is 2.32. The van der Waals surface area contributed by atoms with Crippen LogP contribution in [0.25, 0.3) is 0 Å². The molecule has 0 saturated heterocycles. The second-order valence-electron chi connectivity index (χ2n) is 1.94. The highest BCUT2D eigenvalue weighted by molar-refractivity contribution is 6.17. The summed E-state index contributed by atoms with van der Waals surface area (Å²) in [6.07, 6.45) is 0. The number of hydrogen-bond acceptors (Lipinski definition) is 3. The maximum Gasteiger partial charge on any atom is 0.215 e. The second kappa shape index (κ2) is 4.03. The number of aromatic nitrogens is 1. The summed E-state index contributed by atoms with van der Waals surface area (Å²) in [7, 11) is 0. The van der Waals surface area contributed by atoms with Crippen molar-refractivity contribution in [2.24, 2.45) is 0 Å². The first-order valence-electron chi connectivity index (χ1n) is 3.24. The molecule has 0 unspecified atom stereocenters. The number of rotatable bonds is 3. The van der Waals surface area contributed by atoms with Crippen LogP contribution in [-0.2, 0) is 0 Å². The van der Waals surface area contributed by atoms with E-state index >= 15 is 0 Å². The van der Waals surface area contributed by atoms with Gasteiger partial charge in [-0.15, -0.1) is 11.6 Å². The monoisotopic (exact) mass is 172 g/mol. The van der Waals surface area contributed by atoms with E-state index < -0.39 is 0 Å². The lowest BCUT2D eigenvalue weighted by molar-refractivity contribution is 0.330. The van der Waals surface area contributed by atoms with E-state index in [1.54, 1.807) is 18.2 Å². The molecule has 2 N–H and O–H groups in total. The number of alkyl halides is 1. The van der Waals surface area contributed by atoms with Crippen molar-refractivity contribution in [1.82, 2.24) is 4.98 Å². The van der Waals surface area contributed by atoms with E-state index in [2.05, 4.69) is 4.98 Å². The summed E-state index contributed by atoms with van der Waals surface area (Å²) in [6, 6.07) is 5.22. The molecule has 0 saturated carbocycles. The van der Waals surface area contributed by atoms with Gasteiger partial charge in [-0.05, 0) is 6.07 Å². The van der Waals surface area contributed by atoms with Crippen molar-refractivity contribution in [3.05, 3.63) is 18.2 Å². The van der Waals surface area contributed by atoms with Crippen LogP contribution in [0.4, 0.5) is 5.82 Å². The van der Waals surface area contributed by atoms with Gasteiger partial charge in [0.15, 0.2) is 0 Å². The van der Waals surface area contributed by atoms with Crippen LogP contribution in [-0.4, -0.2) is 17.5 Å². The first kappa shape index (κ1) is 8.14. The number of nitrogens with zero attached hydrogens (tertiary/aromatic N) is 1. The molecule has 0 aliphatic heterocycles. The quantitative estimate of drug-likeness (QED) is 0.699. The van der Waals surface area contributed by atoms with Gasteiger partial charge in [0, 0.05) is 6.07 Å². The zero-order chi connectivity index (χ0) is 8.10. The molecule has 4 heteroatoms. The van der Waals surface area contributed by atoms with Crippen LogP contribution in [0.2, 0.25) is 0 Å². The molecule has 0 amide bonds. The summed E-state index contributed by atoms with van der Waals surface area (Å²) >= 11 is 5.41. The molecule has 1 heterocycles. The van der Waals surface area contributed by atoms with Crippen molar-refractivity contribution < 1.29 is 4.74 Å². The Hall–Kier alpha value is -0.960. The molecule has 0 aromatic carbocycles. The summed E-state index contributed by atoms with van der Waals surface area (Å²) in [5.74, 6) is 1.43. The van der Waals surface area contributed by atoms with Gasteiger partial charge < -0.3 is 10.5 Å². The van der Waals surface area contributed by atoms with Gasteiger partial charge in [0.1, 0.15) is 12.4 Å². The summed E-state index contributed by atoms with van der Waals surface area (Å²) < 4.78 is 5.11. The zero-order valence-electron chi connectivity index (χ0n) is 5.96. The van der Waals surface area contributed by atoms with Crippen LogP contribution < -0.4 is 10.5 Å². The Bertz CT molecular complexity index is 229. The number of nitrogen functional groups attached to an aromatic ring is 1. The predicted octanol–water partition coefficient (Wildman–Crippen LogP) is 1.28. The van der Waals surface area contributed by atoms with Crippen LogP contribution in [0.3, 0.4) is 0 Å². The smallest absolute Gasteiger partial charge is 0.215 e. The first-order chi connectivity index (χ1) is 5.33. The molecule has 0 spiro atoms. The van der Waals surface area contributed by atoms with Crippen molar-refractivity contribution in [2.75, 3.05) is 18.2 Å². The number of halogens is 1. The van der Waals surface area contributed by atoms with Crippen LogP contribution >= 0.6 is 11.6 Å². The SMILES string of the molecule is Nc1cccc(OCCCl)n1. The molecule has 1 rings (SSSR count). The van der Waals surface area contributed by atoms with Gasteiger partial charge in [-0.1, -0.05) is 6.07 Å². The molecule has 0 aliphatic rings. The molecule has 11 heavy (non-hydrogen) atoms. The van der Waals surface area contributed by atoms with Crippen molar-refractivity contribution >= 4 is 17.4 Å². The van der Waals surface area contributed by atoms with Crippen molar-refractivity contribution in [2.45, 2.75) is 0 Å². The minimum Gasteiger partial charge on any atom is -0.476 e. The minimum absolute atomic E-state index is 0.455. The van der Waals surface area contributed by atoms with E-state index in [1.165, 1.54) is 0 Å². The topological polar surface area (TPSA) is 48.1 Å². The first-order valence-corrected chi connectivity index (χ1v) is 3.77. The van der Waals surface area contributed by atoms with Gasteiger partial charge in [0.05, 0.1) is 5.88 Å². The number of nitrogens with two attached hydrogens (primary N) is 1. The summed E-state index contributed by atoms with van der Waals surface area (Å²) in [5.41, 5.74) is 5.41. The van der Waals surface area contributed by atoms with Gasteiger partial charge in [0.25, 0.3) is 0 Å². The molecule has 0 bridgehead atoms. The number of pyridine rings is 1. The Morgan fingerprint density at radius 1 is 1.55 bits per heavy atom. The van der Waals surface area contributed by atoms with Gasteiger partial charge in [-0.25, -0.2) is 0 Å². The molecule has 0 atom stereocenters. The van der Waals surface area contributed by atoms with Gasteiger partial charge in [-0.2, -0.15) is 4.98 Å². The largest absolute Gasteiger partial charge is 0.476 e.